The van der Waals surface area contributed by atoms with Crippen molar-refractivity contribution in [2.75, 3.05) is 19.6 Å². The molecule has 1 atom stereocenters. The average Bonchev–Trinajstić information content (AvgIpc) is 2.74. The Kier molecular flexibility index (Phi) is 3.57. The first-order chi connectivity index (χ1) is 8.17. The van der Waals surface area contributed by atoms with Crippen molar-refractivity contribution in [1.82, 2.24) is 4.90 Å². The third kappa shape index (κ3) is 2.25. The highest BCUT2D eigenvalue weighted by Gasteiger charge is 2.27. The summed E-state index contributed by atoms with van der Waals surface area (Å²) in [6.45, 7) is 7.52. The minimum Gasteiger partial charge on any atom is -0.504 e. The fraction of sp³-hybridized carbons (Fsp3) is 0.571. The first-order valence-corrected chi connectivity index (χ1v) is 6.43. The molecule has 1 aromatic carbocycles. The van der Waals surface area contributed by atoms with E-state index in [4.69, 9.17) is 0 Å². The second-order valence-electron chi connectivity index (χ2n) is 4.72. The summed E-state index contributed by atoms with van der Waals surface area (Å²) < 4.78 is 0. The molecule has 0 unspecified atom stereocenters. The average molecular weight is 235 g/mol. The lowest BCUT2D eigenvalue weighted by atomic mass is 10.00. The standard InChI is InChI=1S/C14H21NO2/c1-3-15(4-2)9-10-5-6-12-11(10)7-8-13(16)14(12)17/h7-8,10,16-17H,3-6,9H2,1-2H3/t10-/m1/s1. The van der Waals surface area contributed by atoms with Crippen LogP contribution in [0.3, 0.4) is 0 Å². The number of rotatable bonds is 4. The molecule has 0 radical (unpaired) electrons. The molecule has 17 heavy (non-hydrogen) atoms. The number of phenolic OH excluding ortho intramolecular Hbond substituents is 2. The van der Waals surface area contributed by atoms with Gasteiger partial charge in [-0.05, 0) is 43.5 Å². The Hall–Kier alpha value is -1.22. The highest BCUT2D eigenvalue weighted by molar-refractivity contribution is 5.52. The van der Waals surface area contributed by atoms with Crippen LogP contribution in [0.1, 0.15) is 37.3 Å². The monoisotopic (exact) mass is 235 g/mol. The van der Waals surface area contributed by atoms with Crippen LogP contribution in [0.15, 0.2) is 12.1 Å². The Morgan fingerprint density at radius 1 is 1.24 bits per heavy atom. The van der Waals surface area contributed by atoms with E-state index in [9.17, 15) is 10.2 Å². The summed E-state index contributed by atoms with van der Waals surface area (Å²) in [5.74, 6) is 0.591. The largest absolute Gasteiger partial charge is 0.504 e. The summed E-state index contributed by atoms with van der Waals surface area (Å²) in [4.78, 5) is 2.41. The van der Waals surface area contributed by atoms with E-state index in [2.05, 4.69) is 18.7 Å². The number of hydrogen-bond acceptors (Lipinski definition) is 3. The quantitative estimate of drug-likeness (QED) is 0.788. The molecule has 1 aliphatic carbocycles. The molecule has 1 aliphatic rings. The van der Waals surface area contributed by atoms with E-state index in [1.807, 2.05) is 6.07 Å². The van der Waals surface area contributed by atoms with Gasteiger partial charge in [0.1, 0.15) is 0 Å². The van der Waals surface area contributed by atoms with E-state index in [-0.39, 0.29) is 11.5 Å². The van der Waals surface area contributed by atoms with Gasteiger partial charge in [0.25, 0.3) is 0 Å². The summed E-state index contributed by atoms with van der Waals surface area (Å²) in [6.07, 6.45) is 1.95. The zero-order chi connectivity index (χ0) is 12.4. The van der Waals surface area contributed by atoms with Crippen LogP contribution in [0.2, 0.25) is 0 Å². The molecule has 3 heteroatoms. The summed E-state index contributed by atoms with van der Waals surface area (Å²) in [6, 6.07) is 3.57. The number of phenols is 2. The fourth-order valence-corrected chi connectivity index (χ4v) is 2.74. The molecule has 0 amide bonds. The van der Waals surface area contributed by atoms with Crippen LogP contribution < -0.4 is 0 Å². The lowest BCUT2D eigenvalue weighted by Gasteiger charge is -2.23. The zero-order valence-corrected chi connectivity index (χ0v) is 10.6. The smallest absolute Gasteiger partial charge is 0.160 e. The van der Waals surface area contributed by atoms with Gasteiger partial charge in [0.15, 0.2) is 11.5 Å². The molecule has 0 bridgehead atoms. The molecule has 0 fully saturated rings. The van der Waals surface area contributed by atoms with Gasteiger partial charge in [-0.2, -0.15) is 0 Å². The minimum absolute atomic E-state index is 0.00670. The fourth-order valence-electron chi connectivity index (χ4n) is 2.74. The Labute approximate surface area is 103 Å². The molecule has 3 nitrogen and oxygen atoms in total. The Bertz CT molecular complexity index is 399. The molecule has 0 aromatic heterocycles. The molecule has 2 N–H and O–H groups in total. The lowest BCUT2D eigenvalue weighted by Crippen LogP contribution is -2.27. The van der Waals surface area contributed by atoms with Gasteiger partial charge in [-0.25, -0.2) is 0 Å². The van der Waals surface area contributed by atoms with E-state index in [0.29, 0.717) is 5.92 Å². The maximum Gasteiger partial charge on any atom is 0.160 e. The highest BCUT2D eigenvalue weighted by Crippen LogP contribution is 2.42. The van der Waals surface area contributed by atoms with E-state index in [1.165, 1.54) is 5.56 Å². The Morgan fingerprint density at radius 3 is 2.59 bits per heavy atom. The minimum atomic E-state index is 0.00670. The lowest BCUT2D eigenvalue weighted by molar-refractivity contribution is 0.282. The van der Waals surface area contributed by atoms with E-state index >= 15 is 0 Å². The number of benzene rings is 1. The second-order valence-corrected chi connectivity index (χ2v) is 4.72. The third-order valence-corrected chi connectivity index (χ3v) is 3.85. The van der Waals surface area contributed by atoms with Crippen molar-refractivity contribution in [2.24, 2.45) is 0 Å². The predicted molar refractivity (Wildman–Crippen MR) is 68.6 cm³/mol. The molecule has 94 valence electrons. The van der Waals surface area contributed by atoms with Crippen molar-refractivity contribution < 1.29 is 10.2 Å². The Morgan fingerprint density at radius 2 is 1.94 bits per heavy atom. The van der Waals surface area contributed by atoms with Crippen LogP contribution in [0.25, 0.3) is 0 Å². The maximum absolute atomic E-state index is 9.82. The van der Waals surface area contributed by atoms with Crippen molar-refractivity contribution in [3.63, 3.8) is 0 Å². The Balaban J connectivity index is 2.20. The van der Waals surface area contributed by atoms with Gasteiger partial charge in [-0.1, -0.05) is 19.9 Å². The number of fused-ring (bicyclic) bond motifs is 1. The molecular formula is C14H21NO2. The summed E-state index contributed by atoms with van der Waals surface area (Å²) in [5, 5.41) is 19.3. The van der Waals surface area contributed by atoms with Crippen molar-refractivity contribution in [3.8, 4) is 11.5 Å². The van der Waals surface area contributed by atoms with Crippen LogP contribution in [-0.2, 0) is 6.42 Å². The molecule has 0 heterocycles. The van der Waals surface area contributed by atoms with Gasteiger partial charge in [0, 0.05) is 12.1 Å². The van der Waals surface area contributed by atoms with Crippen LogP contribution in [0.4, 0.5) is 0 Å². The van der Waals surface area contributed by atoms with Gasteiger partial charge in [0.05, 0.1) is 0 Å². The van der Waals surface area contributed by atoms with Gasteiger partial charge in [0.2, 0.25) is 0 Å². The first kappa shape index (κ1) is 12.2. The highest BCUT2D eigenvalue weighted by atomic mass is 16.3. The summed E-state index contributed by atoms with van der Waals surface area (Å²) in [7, 11) is 0. The molecular weight excluding hydrogens is 214 g/mol. The van der Waals surface area contributed by atoms with E-state index in [1.54, 1.807) is 6.07 Å². The predicted octanol–water partition coefficient (Wildman–Crippen LogP) is 2.47. The van der Waals surface area contributed by atoms with E-state index < -0.39 is 0 Å². The molecule has 0 aliphatic heterocycles. The van der Waals surface area contributed by atoms with Crippen LogP contribution in [0, 0.1) is 0 Å². The normalized spacial score (nSPS) is 18.6. The van der Waals surface area contributed by atoms with Crippen molar-refractivity contribution in [2.45, 2.75) is 32.6 Å². The van der Waals surface area contributed by atoms with Crippen LogP contribution in [0.5, 0.6) is 11.5 Å². The number of nitrogens with zero attached hydrogens (tertiary/aromatic N) is 1. The summed E-state index contributed by atoms with van der Waals surface area (Å²) >= 11 is 0. The topological polar surface area (TPSA) is 43.7 Å². The van der Waals surface area contributed by atoms with Crippen molar-refractivity contribution >= 4 is 0 Å². The third-order valence-electron chi connectivity index (χ3n) is 3.85. The van der Waals surface area contributed by atoms with Gasteiger partial charge < -0.3 is 15.1 Å². The van der Waals surface area contributed by atoms with E-state index in [0.717, 1.165) is 38.0 Å². The van der Waals surface area contributed by atoms with Gasteiger partial charge in [-0.15, -0.1) is 0 Å². The van der Waals surface area contributed by atoms with Gasteiger partial charge >= 0.3 is 0 Å². The number of hydrogen-bond donors (Lipinski definition) is 2. The SMILES string of the molecule is CCN(CC)C[C@H]1CCc2c1ccc(O)c2O. The number of likely N-dealkylation sites (N-methyl/N-ethyl adjacent to an activating group) is 1. The van der Waals surface area contributed by atoms with Crippen molar-refractivity contribution in [3.05, 3.63) is 23.3 Å². The van der Waals surface area contributed by atoms with Crippen LogP contribution in [-0.4, -0.2) is 34.7 Å². The van der Waals surface area contributed by atoms with Crippen LogP contribution >= 0.6 is 0 Å². The molecule has 0 saturated heterocycles. The van der Waals surface area contributed by atoms with Crippen molar-refractivity contribution in [1.29, 1.82) is 0 Å². The molecule has 2 rings (SSSR count). The molecule has 1 aromatic rings. The maximum atomic E-state index is 9.82. The zero-order valence-electron chi connectivity index (χ0n) is 10.6. The summed E-state index contributed by atoms with van der Waals surface area (Å²) in [5.41, 5.74) is 2.16. The molecule has 0 spiro atoms. The molecule has 0 saturated carbocycles. The second kappa shape index (κ2) is 4.96. The number of aromatic hydroxyl groups is 2. The van der Waals surface area contributed by atoms with Gasteiger partial charge in [-0.3, -0.25) is 0 Å². The first-order valence-electron chi connectivity index (χ1n) is 6.43.